The maximum absolute atomic E-state index is 13.4. The smallest absolute Gasteiger partial charge is 0.250 e. The van der Waals surface area contributed by atoms with Gasteiger partial charge in [0.25, 0.3) is 5.91 Å². The van der Waals surface area contributed by atoms with Crippen molar-refractivity contribution in [1.29, 1.82) is 0 Å². The van der Waals surface area contributed by atoms with Gasteiger partial charge in [0.05, 0.1) is 5.69 Å². The van der Waals surface area contributed by atoms with Crippen molar-refractivity contribution >= 4 is 40.9 Å². The average molecular weight is 452 g/mol. The molecule has 4 rings (SSSR count). The highest BCUT2D eigenvalue weighted by Gasteiger charge is 2.40. The molecule has 1 fully saturated rings. The van der Waals surface area contributed by atoms with Gasteiger partial charge in [0, 0.05) is 23.7 Å². The second-order valence-corrected chi connectivity index (χ2v) is 9.34. The Kier molecular flexibility index (Phi) is 7.15. The number of nitrogens with zero attached hydrogens (tertiary/aromatic N) is 2. The average Bonchev–Trinajstić information content (AvgIpc) is 3.10. The van der Waals surface area contributed by atoms with E-state index in [1.54, 1.807) is 0 Å². The number of amides is 3. The first-order chi connectivity index (χ1) is 15.6. The Morgan fingerprint density at radius 2 is 1.69 bits per heavy atom. The summed E-state index contributed by atoms with van der Waals surface area (Å²) in [6.45, 7) is 3.29. The van der Waals surface area contributed by atoms with Crippen LogP contribution in [-0.4, -0.2) is 47.5 Å². The van der Waals surface area contributed by atoms with Gasteiger partial charge in [0.15, 0.2) is 5.25 Å². The van der Waals surface area contributed by atoms with Gasteiger partial charge in [0.2, 0.25) is 11.8 Å². The van der Waals surface area contributed by atoms with Crippen LogP contribution in [0.1, 0.15) is 38.2 Å². The van der Waals surface area contributed by atoms with Crippen LogP contribution in [0.25, 0.3) is 0 Å². The molecule has 32 heavy (non-hydrogen) atoms. The topological polar surface area (TPSA) is 69.7 Å². The van der Waals surface area contributed by atoms with Crippen molar-refractivity contribution in [3.05, 3.63) is 54.1 Å². The first-order valence-electron chi connectivity index (χ1n) is 11.3. The lowest BCUT2D eigenvalue weighted by Crippen LogP contribution is -2.51. The fourth-order valence-corrected chi connectivity index (χ4v) is 5.47. The molecule has 0 aromatic heterocycles. The third kappa shape index (κ3) is 4.83. The van der Waals surface area contributed by atoms with Crippen molar-refractivity contribution in [3.63, 3.8) is 0 Å². The van der Waals surface area contributed by atoms with Gasteiger partial charge >= 0.3 is 0 Å². The summed E-state index contributed by atoms with van der Waals surface area (Å²) >= 11 is 1.30. The normalized spacial score (nSPS) is 18.7. The van der Waals surface area contributed by atoms with Crippen LogP contribution in [0.5, 0.6) is 0 Å². The molecule has 0 aliphatic carbocycles. The molecule has 1 atom stereocenters. The number of anilines is 2. The maximum atomic E-state index is 13.4. The van der Waals surface area contributed by atoms with Crippen molar-refractivity contribution in [3.8, 4) is 0 Å². The van der Waals surface area contributed by atoms with Gasteiger partial charge in [0.1, 0.15) is 6.54 Å². The number of thioether (sulfide) groups is 1. The van der Waals surface area contributed by atoms with Crippen LogP contribution in [0, 0.1) is 0 Å². The Bertz CT molecular complexity index is 1000. The first kappa shape index (κ1) is 22.4. The van der Waals surface area contributed by atoms with Crippen LogP contribution >= 0.6 is 11.8 Å². The molecule has 1 N–H and O–H groups in total. The van der Waals surface area contributed by atoms with E-state index in [1.165, 1.54) is 16.7 Å². The third-order valence-corrected chi connectivity index (χ3v) is 7.25. The van der Waals surface area contributed by atoms with Crippen LogP contribution < -0.4 is 10.2 Å². The van der Waals surface area contributed by atoms with Gasteiger partial charge in [-0.3, -0.25) is 14.4 Å². The minimum Gasteiger partial charge on any atom is -0.341 e. The Morgan fingerprint density at radius 3 is 2.44 bits per heavy atom. The maximum Gasteiger partial charge on any atom is 0.250 e. The van der Waals surface area contributed by atoms with Crippen molar-refractivity contribution in [2.45, 2.75) is 49.2 Å². The minimum absolute atomic E-state index is 0.127. The Morgan fingerprint density at radius 1 is 1.00 bits per heavy atom. The number of hydrogen-bond acceptors (Lipinski definition) is 4. The summed E-state index contributed by atoms with van der Waals surface area (Å²) in [5.74, 6) is -0.734. The number of likely N-dealkylation sites (tertiary alicyclic amines) is 1. The Labute approximate surface area is 193 Å². The molecule has 7 heteroatoms. The van der Waals surface area contributed by atoms with Crippen molar-refractivity contribution in [2.75, 3.05) is 29.9 Å². The lowest BCUT2D eigenvalue weighted by Gasteiger charge is -2.34. The van der Waals surface area contributed by atoms with E-state index in [-0.39, 0.29) is 24.3 Å². The zero-order chi connectivity index (χ0) is 22.5. The number of rotatable bonds is 5. The summed E-state index contributed by atoms with van der Waals surface area (Å²) < 4.78 is 0. The number of carbonyl (C=O) groups is 3. The largest absolute Gasteiger partial charge is 0.341 e. The second-order valence-electron chi connectivity index (χ2n) is 8.19. The number of nitrogens with one attached hydrogen (secondary N) is 1. The minimum atomic E-state index is -0.848. The van der Waals surface area contributed by atoms with E-state index in [0.717, 1.165) is 48.3 Å². The predicted octanol–water partition coefficient (Wildman–Crippen LogP) is 4.10. The number of benzene rings is 2. The molecular formula is C25H29N3O3S. The van der Waals surface area contributed by atoms with E-state index in [2.05, 4.69) is 5.32 Å². The molecular weight excluding hydrogens is 422 g/mol. The van der Waals surface area contributed by atoms with Gasteiger partial charge in [-0.05, 0) is 43.0 Å². The zero-order valence-electron chi connectivity index (χ0n) is 18.4. The van der Waals surface area contributed by atoms with Gasteiger partial charge in [-0.1, -0.05) is 50.1 Å². The molecule has 1 saturated heterocycles. The number of fused-ring (bicyclic) bond motifs is 1. The summed E-state index contributed by atoms with van der Waals surface area (Å²) in [5, 5.41) is 2.09. The summed E-state index contributed by atoms with van der Waals surface area (Å²) in [6.07, 6.45) is 4.96. The third-order valence-electron chi connectivity index (χ3n) is 6.01. The summed E-state index contributed by atoms with van der Waals surface area (Å²) in [6, 6.07) is 15.1. The van der Waals surface area contributed by atoms with E-state index in [9.17, 15) is 14.4 Å². The van der Waals surface area contributed by atoms with E-state index in [0.29, 0.717) is 18.8 Å². The monoisotopic (exact) mass is 451 g/mol. The molecule has 6 nitrogen and oxygen atoms in total. The summed E-state index contributed by atoms with van der Waals surface area (Å²) in [7, 11) is 0. The highest BCUT2D eigenvalue weighted by atomic mass is 32.2. The fraction of sp³-hybridized carbons (Fsp3) is 0.400. The summed E-state index contributed by atoms with van der Waals surface area (Å²) in [5.41, 5.74) is 2.47. The Hall–Kier alpha value is -2.80. The van der Waals surface area contributed by atoms with Gasteiger partial charge < -0.3 is 15.1 Å². The second kappa shape index (κ2) is 10.2. The molecule has 2 aromatic carbocycles. The first-order valence-corrected chi connectivity index (χ1v) is 12.2. The van der Waals surface area contributed by atoms with Crippen molar-refractivity contribution in [2.24, 2.45) is 0 Å². The number of aryl methyl sites for hydroxylation is 1. The van der Waals surface area contributed by atoms with E-state index >= 15 is 0 Å². The summed E-state index contributed by atoms with van der Waals surface area (Å²) in [4.78, 5) is 43.8. The van der Waals surface area contributed by atoms with E-state index in [1.807, 2.05) is 60.4 Å². The van der Waals surface area contributed by atoms with Gasteiger partial charge in [-0.15, -0.1) is 11.8 Å². The molecule has 2 aliphatic rings. The van der Waals surface area contributed by atoms with Crippen molar-refractivity contribution in [1.82, 2.24) is 4.90 Å². The molecule has 2 aromatic rings. The van der Waals surface area contributed by atoms with Crippen LogP contribution in [-0.2, 0) is 20.8 Å². The molecule has 0 radical (unpaired) electrons. The predicted molar refractivity (Wildman–Crippen MR) is 128 cm³/mol. The number of hydrogen-bond donors (Lipinski definition) is 1. The molecule has 0 unspecified atom stereocenters. The lowest BCUT2D eigenvalue weighted by molar-refractivity contribution is -0.135. The van der Waals surface area contributed by atoms with Crippen LogP contribution in [0.3, 0.4) is 0 Å². The van der Waals surface area contributed by atoms with E-state index < -0.39 is 5.25 Å². The van der Waals surface area contributed by atoms with E-state index in [4.69, 9.17) is 0 Å². The molecule has 0 spiro atoms. The number of para-hydroxylation sites is 2. The number of carbonyl (C=O) groups excluding carboxylic acids is 3. The molecule has 168 valence electrons. The zero-order valence-corrected chi connectivity index (χ0v) is 19.2. The van der Waals surface area contributed by atoms with Crippen LogP contribution in [0.4, 0.5) is 11.4 Å². The van der Waals surface area contributed by atoms with Crippen LogP contribution in [0.15, 0.2) is 53.4 Å². The highest BCUT2D eigenvalue weighted by molar-refractivity contribution is 8.01. The molecule has 2 heterocycles. The molecule has 3 amide bonds. The highest BCUT2D eigenvalue weighted by Crippen LogP contribution is 2.40. The van der Waals surface area contributed by atoms with Crippen molar-refractivity contribution < 1.29 is 14.4 Å². The standard InChI is InChI=1S/C25H29N3O3S/c1-2-18-11-5-6-12-19(18)26-22(29)17-28-20-13-7-8-14-21(20)32-23(25(28)31)24(30)27-15-9-3-4-10-16-27/h5-8,11-14,23H,2-4,9-10,15-17H2,1H3,(H,26,29)/t23-/m0/s1. The SMILES string of the molecule is CCc1ccccc1NC(=O)CN1C(=O)[C@H](C(=O)N2CCCCCC2)Sc2ccccc21. The van der Waals surface area contributed by atoms with Gasteiger partial charge in [-0.25, -0.2) is 0 Å². The fourth-order valence-electron chi connectivity index (χ4n) is 4.28. The van der Waals surface area contributed by atoms with Gasteiger partial charge in [-0.2, -0.15) is 0 Å². The quantitative estimate of drug-likeness (QED) is 0.695. The Balaban J connectivity index is 1.55. The molecule has 0 saturated carbocycles. The molecule has 2 aliphatic heterocycles. The molecule has 0 bridgehead atoms. The lowest BCUT2D eigenvalue weighted by atomic mass is 10.1. The van der Waals surface area contributed by atoms with Crippen LogP contribution in [0.2, 0.25) is 0 Å².